The van der Waals surface area contributed by atoms with Gasteiger partial charge < -0.3 is 5.73 Å². The Morgan fingerprint density at radius 2 is 1.89 bits per heavy atom. The highest BCUT2D eigenvalue weighted by atomic mass is 32.2. The van der Waals surface area contributed by atoms with Crippen molar-refractivity contribution >= 4 is 15.7 Å². The molecule has 0 aliphatic carbocycles. The van der Waals surface area contributed by atoms with Gasteiger partial charge in [-0.05, 0) is 0 Å². The summed E-state index contributed by atoms with van der Waals surface area (Å²) in [5.74, 6) is -2.80. The van der Waals surface area contributed by atoms with Gasteiger partial charge in [0.15, 0.2) is 0 Å². The third-order valence-corrected chi connectivity index (χ3v) is 4.54. The molecule has 0 saturated carbocycles. The number of nitro benzene ring substituents is 1. The molecule has 0 unspecified atom stereocenters. The smallest absolute Gasteiger partial charge is 0.306 e. The number of hydrogen-bond donors (Lipinski definition) is 1. The summed E-state index contributed by atoms with van der Waals surface area (Å²) < 4.78 is 51.4. The molecule has 0 atom stereocenters. The summed E-state index contributed by atoms with van der Waals surface area (Å²) >= 11 is 0. The van der Waals surface area contributed by atoms with Crippen LogP contribution in [-0.2, 0) is 10.0 Å². The first kappa shape index (κ1) is 13.8. The quantitative estimate of drug-likeness (QED) is 0.633. The van der Waals surface area contributed by atoms with Crippen LogP contribution in [0.4, 0.5) is 14.5 Å². The minimum Gasteiger partial charge on any atom is -0.325 e. The zero-order valence-corrected chi connectivity index (χ0v) is 10.2. The lowest BCUT2D eigenvalue weighted by Crippen LogP contribution is -2.57. The molecule has 1 fully saturated rings. The van der Waals surface area contributed by atoms with E-state index in [2.05, 4.69) is 0 Å². The Balaban J connectivity index is 2.50. The summed E-state index contributed by atoms with van der Waals surface area (Å²) in [6.07, 6.45) is 0. The van der Waals surface area contributed by atoms with Gasteiger partial charge in [-0.15, -0.1) is 0 Å². The maximum Gasteiger partial charge on any atom is 0.306 e. The van der Waals surface area contributed by atoms with Gasteiger partial charge in [0, 0.05) is 31.3 Å². The Morgan fingerprint density at radius 1 is 1.32 bits per heavy atom. The number of sulfonamides is 1. The SMILES string of the molecule is NC1CN(S(=O)(=O)c2cc([N+](=O)[O-])c(F)cc2F)C1. The number of rotatable bonds is 3. The molecule has 2 N–H and O–H groups in total. The fourth-order valence-electron chi connectivity index (χ4n) is 1.66. The molecule has 10 heteroatoms. The van der Waals surface area contributed by atoms with Crippen LogP contribution in [0.1, 0.15) is 0 Å². The van der Waals surface area contributed by atoms with Crippen molar-refractivity contribution in [2.24, 2.45) is 5.73 Å². The lowest BCUT2D eigenvalue weighted by atomic mass is 10.2. The van der Waals surface area contributed by atoms with Crippen LogP contribution in [0.5, 0.6) is 0 Å². The second kappa shape index (κ2) is 4.47. The molecule has 1 heterocycles. The third kappa shape index (κ3) is 2.29. The van der Waals surface area contributed by atoms with E-state index in [-0.39, 0.29) is 25.2 Å². The van der Waals surface area contributed by atoms with E-state index >= 15 is 0 Å². The molecule has 19 heavy (non-hydrogen) atoms. The molecule has 2 rings (SSSR count). The summed E-state index contributed by atoms with van der Waals surface area (Å²) in [5.41, 5.74) is 4.32. The molecular weight excluding hydrogens is 284 g/mol. The number of nitrogens with zero attached hydrogens (tertiary/aromatic N) is 2. The fourth-order valence-corrected chi connectivity index (χ4v) is 3.28. The lowest BCUT2D eigenvalue weighted by molar-refractivity contribution is -0.387. The first-order valence-corrected chi connectivity index (χ1v) is 6.56. The zero-order valence-electron chi connectivity index (χ0n) is 9.42. The monoisotopic (exact) mass is 293 g/mol. The van der Waals surface area contributed by atoms with Crippen LogP contribution in [-0.4, -0.2) is 36.8 Å². The van der Waals surface area contributed by atoms with Crippen LogP contribution in [0, 0.1) is 21.7 Å². The topological polar surface area (TPSA) is 107 Å². The van der Waals surface area contributed by atoms with Crippen LogP contribution in [0.2, 0.25) is 0 Å². The van der Waals surface area contributed by atoms with Gasteiger partial charge in [-0.25, -0.2) is 12.8 Å². The van der Waals surface area contributed by atoms with Gasteiger partial charge in [0.1, 0.15) is 10.7 Å². The number of halogens is 2. The van der Waals surface area contributed by atoms with Crippen molar-refractivity contribution in [1.82, 2.24) is 4.31 Å². The van der Waals surface area contributed by atoms with Crippen molar-refractivity contribution in [3.05, 3.63) is 33.9 Å². The van der Waals surface area contributed by atoms with Crippen molar-refractivity contribution in [3.8, 4) is 0 Å². The highest BCUT2D eigenvalue weighted by Gasteiger charge is 2.37. The van der Waals surface area contributed by atoms with Crippen molar-refractivity contribution in [3.63, 3.8) is 0 Å². The molecule has 1 aliphatic heterocycles. The van der Waals surface area contributed by atoms with Crippen LogP contribution in [0.15, 0.2) is 17.0 Å². The Bertz CT molecular complexity index is 643. The second-order valence-electron chi connectivity index (χ2n) is 4.07. The van der Waals surface area contributed by atoms with Gasteiger partial charge >= 0.3 is 5.69 Å². The third-order valence-electron chi connectivity index (χ3n) is 2.69. The molecule has 0 radical (unpaired) electrons. The number of nitrogens with two attached hydrogens (primary N) is 1. The Labute approximate surface area is 106 Å². The maximum atomic E-state index is 13.5. The summed E-state index contributed by atoms with van der Waals surface area (Å²) in [6, 6.07) is 0.211. The molecular formula is C9H9F2N3O4S. The highest BCUT2D eigenvalue weighted by molar-refractivity contribution is 7.89. The minimum absolute atomic E-state index is 0.00700. The number of benzene rings is 1. The van der Waals surface area contributed by atoms with Gasteiger partial charge in [0.25, 0.3) is 0 Å². The predicted molar refractivity (Wildman–Crippen MR) is 59.7 cm³/mol. The van der Waals surface area contributed by atoms with Crippen molar-refractivity contribution < 1.29 is 22.1 Å². The molecule has 1 saturated heterocycles. The van der Waals surface area contributed by atoms with Crippen LogP contribution < -0.4 is 5.73 Å². The van der Waals surface area contributed by atoms with Gasteiger partial charge in [0.05, 0.1) is 4.92 Å². The Kier molecular flexibility index (Phi) is 3.24. The normalized spacial score (nSPS) is 17.2. The lowest BCUT2D eigenvalue weighted by Gasteiger charge is -2.35. The zero-order chi connectivity index (χ0) is 14.4. The number of hydrogen-bond acceptors (Lipinski definition) is 5. The van der Waals surface area contributed by atoms with E-state index in [0.29, 0.717) is 6.07 Å². The fraction of sp³-hybridized carbons (Fsp3) is 0.333. The molecule has 0 amide bonds. The van der Waals surface area contributed by atoms with Crippen molar-refractivity contribution in [1.29, 1.82) is 0 Å². The Hall–Kier alpha value is -1.65. The standard InChI is InChI=1S/C9H9F2N3O4S/c10-6-1-7(11)9(2-8(6)14(15)16)19(17,18)13-3-5(12)4-13/h1-2,5H,3-4,12H2. The summed E-state index contributed by atoms with van der Waals surface area (Å²) in [7, 11) is -4.23. The summed E-state index contributed by atoms with van der Waals surface area (Å²) in [4.78, 5) is 8.49. The van der Waals surface area contributed by atoms with Crippen LogP contribution in [0.3, 0.4) is 0 Å². The van der Waals surface area contributed by atoms with Crippen LogP contribution in [0.25, 0.3) is 0 Å². The molecule has 7 nitrogen and oxygen atoms in total. The van der Waals surface area contributed by atoms with E-state index in [0.717, 1.165) is 4.31 Å². The van der Waals surface area contributed by atoms with Crippen molar-refractivity contribution in [2.75, 3.05) is 13.1 Å². The average molecular weight is 293 g/mol. The first-order chi connectivity index (χ1) is 8.73. The minimum atomic E-state index is -4.23. The van der Waals surface area contributed by atoms with E-state index in [1.54, 1.807) is 0 Å². The maximum absolute atomic E-state index is 13.5. The van der Waals surface area contributed by atoms with Gasteiger partial charge in [-0.3, -0.25) is 10.1 Å². The first-order valence-electron chi connectivity index (χ1n) is 5.12. The number of nitro groups is 1. The highest BCUT2D eigenvalue weighted by Crippen LogP contribution is 2.28. The summed E-state index contributed by atoms with van der Waals surface area (Å²) in [5, 5.41) is 10.5. The molecule has 1 aromatic carbocycles. The molecule has 1 aromatic rings. The molecule has 104 valence electrons. The Morgan fingerprint density at radius 3 is 2.37 bits per heavy atom. The van der Waals surface area contributed by atoms with Gasteiger partial charge in [-0.1, -0.05) is 0 Å². The molecule has 0 spiro atoms. The van der Waals surface area contributed by atoms with E-state index in [9.17, 15) is 27.3 Å². The molecule has 0 aromatic heterocycles. The van der Waals surface area contributed by atoms with E-state index in [1.165, 1.54) is 0 Å². The van der Waals surface area contributed by atoms with Gasteiger partial charge in [-0.2, -0.15) is 8.70 Å². The van der Waals surface area contributed by atoms with Gasteiger partial charge in [0.2, 0.25) is 15.8 Å². The second-order valence-corrected chi connectivity index (χ2v) is 5.98. The largest absolute Gasteiger partial charge is 0.325 e. The van der Waals surface area contributed by atoms with E-state index in [1.807, 2.05) is 0 Å². The van der Waals surface area contributed by atoms with E-state index in [4.69, 9.17) is 5.73 Å². The average Bonchev–Trinajstić information content (AvgIpc) is 2.23. The van der Waals surface area contributed by atoms with Crippen molar-refractivity contribution in [2.45, 2.75) is 10.9 Å². The summed E-state index contributed by atoms with van der Waals surface area (Å²) in [6.45, 7) is -0.0140. The molecule has 0 bridgehead atoms. The molecule has 1 aliphatic rings. The van der Waals surface area contributed by atoms with Crippen LogP contribution >= 0.6 is 0 Å². The predicted octanol–water partition coefficient (Wildman–Crippen LogP) is 0.205. The van der Waals surface area contributed by atoms with E-state index < -0.39 is 37.2 Å².